The molecule has 27 heavy (non-hydrogen) atoms. The highest BCUT2D eigenvalue weighted by Crippen LogP contribution is 2.36. The molecule has 0 saturated carbocycles. The molecule has 0 spiro atoms. The fourth-order valence-corrected chi connectivity index (χ4v) is 4.21. The molecule has 3 aromatic heterocycles. The second kappa shape index (κ2) is 5.54. The number of piperidine rings is 1. The first-order chi connectivity index (χ1) is 12.9. The van der Waals surface area contributed by atoms with Crippen LogP contribution in [-0.4, -0.2) is 37.5 Å². The van der Waals surface area contributed by atoms with Crippen molar-refractivity contribution < 1.29 is 13.2 Å². The molecule has 2 atom stereocenters. The van der Waals surface area contributed by atoms with Gasteiger partial charge in [0.25, 0.3) is 11.4 Å². The third-order valence-electron chi connectivity index (χ3n) is 5.31. The zero-order valence-electron chi connectivity index (χ0n) is 14.1. The molecule has 5 rings (SSSR count). The molecule has 2 aliphatic heterocycles. The second-order valence-electron chi connectivity index (χ2n) is 7.09. The molecule has 1 saturated heterocycles. The van der Waals surface area contributed by atoms with E-state index in [2.05, 4.69) is 15.3 Å². The fraction of sp³-hybridized carbons (Fsp3) is 0.412. The predicted octanol–water partition coefficient (Wildman–Crippen LogP) is 1.93. The summed E-state index contributed by atoms with van der Waals surface area (Å²) in [6, 6.07) is 8.42. The Morgan fingerprint density at radius 3 is 2.70 bits per heavy atom. The van der Waals surface area contributed by atoms with Gasteiger partial charge in [0, 0.05) is 37.3 Å². The van der Waals surface area contributed by atoms with E-state index in [0.717, 1.165) is 16.6 Å². The molecule has 10 heteroatoms. The summed E-state index contributed by atoms with van der Waals surface area (Å²) in [4.78, 5) is 14.1. The minimum atomic E-state index is -4.62. The smallest absolute Gasteiger partial charge is 0.354 e. The van der Waals surface area contributed by atoms with Crippen molar-refractivity contribution in [1.29, 1.82) is 0 Å². The van der Waals surface area contributed by atoms with Crippen LogP contribution in [0.25, 0.3) is 5.65 Å². The quantitative estimate of drug-likeness (QED) is 0.649. The Labute approximate surface area is 151 Å². The van der Waals surface area contributed by atoms with Gasteiger partial charge in [0.1, 0.15) is 5.82 Å². The van der Waals surface area contributed by atoms with E-state index in [1.807, 2.05) is 15.5 Å². The molecule has 3 aromatic rings. The van der Waals surface area contributed by atoms with Crippen molar-refractivity contribution in [1.82, 2.24) is 24.4 Å². The van der Waals surface area contributed by atoms with Gasteiger partial charge in [0.15, 0.2) is 5.65 Å². The molecule has 0 radical (unpaired) electrons. The van der Waals surface area contributed by atoms with Gasteiger partial charge in [-0.25, -0.2) is 0 Å². The highest BCUT2D eigenvalue weighted by atomic mass is 19.4. The third-order valence-corrected chi connectivity index (χ3v) is 5.31. The lowest BCUT2D eigenvalue weighted by atomic mass is 9.83. The minimum Gasteiger partial charge on any atom is -0.354 e. The maximum absolute atomic E-state index is 13.1. The van der Waals surface area contributed by atoms with Crippen LogP contribution in [0.3, 0.4) is 0 Å². The summed E-state index contributed by atoms with van der Waals surface area (Å²) in [5, 5.41) is 10.9. The van der Waals surface area contributed by atoms with Gasteiger partial charge in [-0.2, -0.15) is 17.7 Å². The standard InChI is InChI=1S/C17H15F3N6O/c18-17(19,20)16-22-21-13-4-5-14(23-26(13)16)24-7-10-6-11(9-24)12-2-1-3-15(27)25(12)8-10/h1-5,10-11H,6-9H2. The molecule has 1 fully saturated rings. The molecule has 0 amide bonds. The highest BCUT2D eigenvalue weighted by Gasteiger charge is 2.38. The van der Waals surface area contributed by atoms with Crippen LogP contribution in [0, 0.1) is 5.92 Å². The van der Waals surface area contributed by atoms with Crippen molar-refractivity contribution in [3.05, 3.63) is 52.2 Å². The van der Waals surface area contributed by atoms with Gasteiger partial charge in [-0.15, -0.1) is 15.3 Å². The molecule has 2 bridgehead atoms. The van der Waals surface area contributed by atoms with Crippen molar-refractivity contribution in [2.45, 2.75) is 25.1 Å². The van der Waals surface area contributed by atoms with E-state index in [0.29, 0.717) is 25.5 Å². The highest BCUT2D eigenvalue weighted by molar-refractivity contribution is 5.47. The fourth-order valence-electron chi connectivity index (χ4n) is 4.21. The van der Waals surface area contributed by atoms with E-state index in [1.165, 1.54) is 6.07 Å². The first kappa shape index (κ1) is 16.3. The third kappa shape index (κ3) is 2.58. The van der Waals surface area contributed by atoms with Gasteiger partial charge < -0.3 is 9.47 Å². The minimum absolute atomic E-state index is 0.00509. The topological polar surface area (TPSA) is 68.3 Å². The number of hydrogen-bond donors (Lipinski definition) is 0. The van der Waals surface area contributed by atoms with E-state index in [4.69, 9.17) is 0 Å². The SMILES string of the molecule is O=c1cccc2n1CC1CC2CN(c2ccc3nnc(C(F)(F)F)n3n2)C1. The molecular formula is C17H15F3N6O. The van der Waals surface area contributed by atoms with Crippen molar-refractivity contribution >= 4 is 11.5 Å². The van der Waals surface area contributed by atoms with E-state index >= 15 is 0 Å². The van der Waals surface area contributed by atoms with Crippen molar-refractivity contribution in [3.8, 4) is 0 Å². The summed E-state index contributed by atoms with van der Waals surface area (Å²) in [5.74, 6) is -0.286. The number of hydrogen-bond acceptors (Lipinski definition) is 5. The molecule has 0 aromatic carbocycles. The predicted molar refractivity (Wildman–Crippen MR) is 89.5 cm³/mol. The Kier molecular flexibility index (Phi) is 3.34. The summed E-state index contributed by atoms with van der Waals surface area (Å²) in [6.45, 7) is 1.85. The van der Waals surface area contributed by atoms with Crippen molar-refractivity contribution in [3.63, 3.8) is 0 Å². The van der Waals surface area contributed by atoms with E-state index in [-0.39, 0.29) is 23.0 Å². The zero-order chi connectivity index (χ0) is 18.8. The molecule has 0 N–H and O–H groups in total. The lowest BCUT2D eigenvalue weighted by Crippen LogP contribution is -2.47. The van der Waals surface area contributed by atoms with E-state index in [1.54, 1.807) is 18.2 Å². The van der Waals surface area contributed by atoms with Crippen LogP contribution in [0.1, 0.15) is 23.9 Å². The van der Waals surface area contributed by atoms with Crippen LogP contribution in [-0.2, 0) is 12.7 Å². The number of pyridine rings is 1. The van der Waals surface area contributed by atoms with Crippen molar-refractivity contribution in [2.24, 2.45) is 5.92 Å². The average molecular weight is 376 g/mol. The lowest BCUT2D eigenvalue weighted by molar-refractivity contribution is -0.146. The number of nitrogens with zero attached hydrogens (tertiary/aromatic N) is 6. The summed E-state index contributed by atoms with van der Waals surface area (Å²) >= 11 is 0. The van der Waals surface area contributed by atoms with Crippen LogP contribution in [0.2, 0.25) is 0 Å². The number of rotatable bonds is 1. The summed E-state index contributed by atoms with van der Waals surface area (Å²) in [6.07, 6.45) is -3.66. The maximum Gasteiger partial charge on any atom is 0.453 e. The van der Waals surface area contributed by atoms with Crippen LogP contribution >= 0.6 is 0 Å². The molecule has 7 nitrogen and oxygen atoms in total. The zero-order valence-corrected chi connectivity index (χ0v) is 14.1. The Bertz CT molecular complexity index is 1090. The maximum atomic E-state index is 13.1. The van der Waals surface area contributed by atoms with Gasteiger partial charge in [-0.1, -0.05) is 6.07 Å². The Hall–Kier alpha value is -2.91. The number of fused-ring (bicyclic) bond motifs is 5. The monoisotopic (exact) mass is 376 g/mol. The van der Waals surface area contributed by atoms with Crippen LogP contribution in [0.15, 0.2) is 35.1 Å². The largest absolute Gasteiger partial charge is 0.453 e. The molecule has 0 aliphatic carbocycles. The number of anilines is 1. The Morgan fingerprint density at radius 2 is 1.89 bits per heavy atom. The van der Waals surface area contributed by atoms with E-state index < -0.39 is 12.0 Å². The average Bonchev–Trinajstić information content (AvgIpc) is 3.06. The van der Waals surface area contributed by atoms with Crippen LogP contribution < -0.4 is 10.5 Å². The number of aromatic nitrogens is 5. The second-order valence-corrected chi connectivity index (χ2v) is 7.09. The number of halogens is 3. The van der Waals surface area contributed by atoms with Gasteiger partial charge >= 0.3 is 6.18 Å². The van der Waals surface area contributed by atoms with Crippen LogP contribution in [0.4, 0.5) is 19.0 Å². The molecule has 140 valence electrons. The lowest BCUT2D eigenvalue weighted by Gasteiger charge is -2.43. The first-order valence-corrected chi connectivity index (χ1v) is 8.64. The molecular weight excluding hydrogens is 361 g/mol. The van der Waals surface area contributed by atoms with Crippen molar-refractivity contribution in [2.75, 3.05) is 18.0 Å². The number of alkyl halides is 3. The molecule has 2 unspecified atom stereocenters. The summed E-state index contributed by atoms with van der Waals surface area (Å²) < 4.78 is 41.9. The van der Waals surface area contributed by atoms with Gasteiger partial charge in [-0.3, -0.25) is 4.79 Å². The summed E-state index contributed by atoms with van der Waals surface area (Å²) in [5.41, 5.74) is 1.03. The van der Waals surface area contributed by atoms with E-state index in [9.17, 15) is 18.0 Å². The molecule has 5 heterocycles. The Morgan fingerprint density at radius 1 is 1.04 bits per heavy atom. The van der Waals surface area contributed by atoms with Gasteiger partial charge in [0.2, 0.25) is 0 Å². The Balaban J connectivity index is 1.52. The normalized spacial score (nSPS) is 22.1. The summed E-state index contributed by atoms with van der Waals surface area (Å²) in [7, 11) is 0. The molecule has 2 aliphatic rings. The van der Waals surface area contributed by atoms with Gasteiger partial charge in [0.05, 0.1) is 0 Å². The van der Waals surface area contributed by atoms with Crippen LogP contribution in [0.5, 0.6) is 0 Å². The first-order valence-electron chi connectivity index (χ1n) is 8.64. The van der Waals surface area contributed by atoms with Gasteiger partial charge in [-0.05, 0) is 30.5 Å².